The lowest BCUT2D eigenvalue weighted by Crippen LogP contribution is -1.84. The fraction of sp³-hybridized carbons (Fsp3) is 0.857. The lowest BCUT2D eigenvalue weighted by molar-refractivity contribution is -0.110. The summed E-state index contributed by atoms with van der Waals surface area (Å²) in [4.78, 5) is 10.3. The van der Waals surface area contributed by atoms with Crippen molar-refractivity contribution in [3.63, 3.8) is 0 Å². The Morgan fingerprint density at radius 1 is 1.33 bits per heavy atom. The van der Waals surface area contributed by atoms with Crippen molar-refractivity contribution in [3.05, 3.63) is 0 Å². The molecular formula is C7H13BrO. The van der Waals surface area contributed by atoms with Crippen LogP contribution in [0.25, 0.3) is 0 Å². The second-order valence-corrected chi connectivity index (χ2v) is 3.05. The van der Waals surface area contributed by atoms with Gasteiger partial charge in [0.15, 0.2) is 4.69 Å². The maximum atomic E-state index is 10.3. The van der Waals surface area contributed by atoms with Crippen LogP contribution in [0.2, 0.25) is 0 Å². The molecule has 0 amide bonds. The molecule has 0 aromatic carbocycles. The fourth-order valence-corrected chi connectivity index (χ4v) is 0.971. The van der Waals surface area contributed by atoms with Crippen LogP contribution in [-0.4, -0.2) is 4.69 Å². The van der Waals surface area contributed by atoms with Crippen LogP contribution < -0.4 is 0 Å². The molecule has 1 nitrogen and oxygen atoms in total. The molecule has 0 aromatic heterocycles. The van der Waals surface area contributed by atoms with Crippen molar-refractivity contribution >= 4 is 20.6 Å². The van der Waals surface area contributed by atoms with Gasteiger partial charge in [0.05, 0.1) is 0 Å². The average Bonchev–Trinajstić information content (AvgIpc) is 1.80. The van der Waals surface area contributed by atoms with Crippen LogP contribution in [0.3, 0.4) is 0 Å². The molecule has 0 fully saturated rings. The van der Waals surface area contributed by atoms with Crippen molar-refractivity contribution in [2.75, 3.05) is 0 Å². The van der Waals surface area contributed by atoms with Gasteiger partial charge in [0.1, 0.15) is 0 Å². The first-order valence-corrected chi connectivity index (χ1v) is 4.25. The van der Waals surface area contributed by atoms with Crippen LogP contribution in [0.5, 0.6) is 0 Å². The zero-order valence-electron chi connectivity index (χ0n) is 5.82. The topological polar surface area (TPSA) is 17.1 Å². The van der Waals surface area contributed by atoms with Gasteiger partial charge < -0.3 is 0 Å². The van der Waals surface area contributed by atoms with Crippen molar-refractivity contribution in [2.45, 2.75) is 39.0 Å². The average molecular weight is 193 g/mol. The Kier molecular flexibility index (Phi) is 6.38. The molecule has 0 aromatic rings. The molecule has 0 radical (unpaired) electrons. The van der Waals surface area contributed by atoms with Gasteiger partial charge in [-0.1, -0.05) is 26.2 Å². The minimum absolute atomic E-state index is 0.138. The zero-order chi connectivity index (χ0) is 7.11. The van der Waals surface area contributed by atoms with Gasteiger partial charge in [-0.3, -0.25) is 4.79 Å². The summed E-state index contributed by atoms with van der Waals surface area (Å²) in [6.45, 7) is 2.16. The molecule has 2 heteroatoms. The van der Waals surface area contributed by atoms with E-state index in [9.17, 15) is 4.79 Å². The summed E-state index contributed by atoms with van der Waals surface area (Å²) in [6, 6.07) is 0. The van der Waals surface area contributed by atoms with Crippen LogP contribution in [0.1, 0.15) is 39.0 Å². The summed E-state index contributed by atoms with van der Waals surface area (Å²) in [7, 11) is 0. The van der Waals surface area contributed by atoms with E-state index < -0.39 is 0 Å². The molecule has 0 heterocycles. The van der Waals surface area contributed by atoms with Gasteiger partial charge in [0.25, 0.3) is 0 Å². The van der Waals surface area contributed by atoms with Crippen LogP contribution in [-0.2, 0) is 4.79 Å². The molecule has 0 unspecified atom stereocenters. The van der Waals surface area contributed by atoms with Gasteiger partial charge in [-0.25, -0.2) is 0 Å². The number of hydrogen-bond donors (Lipinski definition) is 0. The standard InChI is InChI=1S/C7H13BrO/c1-2-3-4-5-6-7(8)9/h2-6H2,1H3. The van der Waals surface area contributed by atoms with Gasteiger partial charge in [0, 0.05) is 6.42 Å². The third kappa shape index (κ3) is 8.15. The van der Waals surface area contributed by atoms with Crippen LogP contribution in [0.4, 0.5) is 0 Å². The first-order chi connectivity index (χ1) is 4.27. The summed E-state index contributed by atoms with van der Waals surface area (Å²) in [5.74, 6) is 0. The molecule has 9 heavy (non-hydrogen) atoms. The van der Waals surface area contributed by atoms with Crippen molar-refractivity contribution < 1.29 is 4.79 Å². The third-order valence-corrected chi connectivity index (χ3v) is 1.62. The Morgan fingerprint density at radius 2 is 2.00 bits per heavy atom. The van der Waals surface area contributed by atoms with E-state index in [-0.39, 0.29) is 4.69 Å². The summed E-state index contributed by atoms with van der Waals surface area (Å²) < 4.78 is 0.138. The number of hydrogen-bond acceptors (Lipinski definition) is 1. The first kappa shape index (κ1) is 9.15. The second-order valence-electron chi connectivity index (χ2n) is 2.17. The van der Waals surface area contributed by atoms with E-state index in [1.807, 2.05) is 0 Å². The molecule has 0 spiro atoms. The second kappa shape index (κ2) is 6.27. The Labute approximate surface area is 65.0 Å². The highest BCUT2D eigenvalue weighted by molar-refractivity contribution is 9.18. The van der Waals surface area contributed by atoms with E-state index in [2.05, 4.69) is 22.9 Å². The maximum Gasteiger partial charge on any atom is 0.197 e. The first-order valence-electron chi connectivity index (χ1n) is 3.45. The minimum Gasteiger partial charge on any atom is -0.287 e. The molecule has 0 atom stereocenters. The van der Waals surface area contributed by atoms with E-state index in [1.54, 1.807) is 0 Å². The van der Waals surface area contributed by atoms with E-state index in [1.165, 1.54) is 19.3 Å². The highest BCUT2D eigenvalue weighted by Gasteiger charge is 1.93. The van der Waals surface area contributed by atoms with Crippen molar-refractivity contribution in [1.82, 2.24) is 0 Å². The number of unbranched alkanes of at least 4 members (excludes halogenated alkanes) is 3. The molecule has 0 rings (SSSR count). The highest BCUT2D eigenvalue weighted by atomic mass is 79.9. The third-order valence-electron chi connectivity index (χ3n) is 1.23. The molecule has 0 N–H and O–H groups in total. The summed E-state index contributed by atoms with van der Waals surface area (Å²) in [5.41, 5.74) is 0. The van der Waals surface area contributed by atoms with Crippen LogP contribution in [0, 0.1) is 0 Å². The van der Waals surface area contributed by atoms with E-state index in [0.717, 1.165) is 6.42 Å². The fourth-order valence-electron chi connectivity index (χ4n) is 0.691. The van der Waals surface area contributed by atoms with E-state index in [4.69, 9.17) is 0 Å². The minimum atomic E-state index is 0.138. The van der Waals surface area contributed by atoms with Crippen molar-refractivity contribution in [2.24, 2.45) is 0 Å². The Balaban J connectivity index is 2.83. The number of halogens is 1. The molecule has 0 aliphatic carbocycles. The molecule has 0 saturated heterocycles. The zero-order valence-corrected chi connectivity index (χ0v) is 7.41. The number of rotatable bonds is 5. The summed E-state index contributed by atoms with van der Waals surface area (Å²) in [5, 5.41) is 0. The monoisotopic (exact) mass is 192 g/mol. The predicted molar refractivity (Wildman–Crippen MR) is 42.7 cm³/mol. The maximum absolute atomic E-state index is 10.3. The largest absolute Gasteiger partial charge is 0.287 e. The van der Waals surface area contributed by atoms with Gasteiger partial charge in [-0.05, 0) is 22.4 Å². The van der Waals surface area contributed by atoms with Crippen molar-refractivity contribution in [1.29, 1.82) is 0 Å². The van der Waals surface area contributed by atoms with Gasteiger partial charge >= 0.3 is 0 Å². The molecule has 0 bridgehead atoms. The van der Waals surface area contributed by atoms with Crippen molar-refractivity contribution in [3.8, 4) is 0 Å². The van der Waals surface area contributed by atoms with E-state index in [0.29, 0.717) is 6.42 Å². The summed E-state index contributed by atoms with van der Waals surface area (Å²) >= 11 is 2.89. The highest BCUT2D eigenvalue weighted by Crippen LogP contribution is 2.04. The molecular weight excluding hydrogens is 180 g/mol. The van der Waals surface area contributed by atoms with Gasteiger partial charge in [-0.15, -0.1) is 0 Å². The molecule has 0 aliphatic rings. The molecule has 0 saturated carbocycles. The van der Waals surface area contributed by atoms with Crippen LogP contribution in [0.15, 0.2) is 0 Å². The smallest absolute Gasteiger partial charge is 0.197 e. The van der Waals surface area contributed by atoms with E-state index >= 15 is 0 Å². The van der Waals surface area contributed by atoms with Crippen LogP contribution >= 0.6 is 15.9 Å². The quantitative estimate of drug-likeness (QED) is 0.484. The lowest BCUT2D eigenvalue weighted by Gasteiger charge is -1.92. The Morgan fingerprint density at radius 3 is 2.44 bits per heavy atom. The lowest BCUT2D eigenvalue weighted by atomic mass is 10.2. The van der Waals surface area contributed by atoms with Gasteiger partial charge in [-0.2, -0.15) is 0 Å². The Bertz CT molecular complexity index is 81.0. The predicted octanol–water partition coefficient (Wildman–Crippen LogP) is 2.88. The molecule has 0 aliphatic heterocycles. The number of carbonyl (C=O) groups is 1. The summed E-state index contributed by atoms with van der Waals surface area (Å²) in [6.07, 6.45) is 5.41. The Hall–Kier alpha value is 0.150. The normalized spacial score (nSPS) is 9.56. The molecule has 54 valence electrons. The van der Waals surface area contributed by atoms with Gasteiger partial charge in [0.2, 0.25) is 0 Å². The SMILES string of the molecule is CCCCCCC(=O)Br. The number of carbonyl (C=O) groups excluding carboxylic acids is 1.